The van der Waals surface area contributed by atoms with Crippen LogP contribution in [0.5, 0.6) is 23.0 Å². The third kappa shape index (κ3) is 5.09. The monoisotopic (exact) mass is 482 g/mol. The van der Waals surface area contributed by atoms with E-state index < -0.39 is 0 Å². The van der Waals surface area contributed by atoms with Gasteiger partial charge in [-0.25, -0.2) is 0 Å². The summed E-state index contributed by atoms with van der Waals surface area (Å²) in [7, 11) is 0. The van der Waals surface area contributed by atoms with Gasteiger partial charge in [0, 0.05) is 27.2 Å². The highest BCUT2D eigenvalue weighted by molar-refractivity contribution is 6.31. The molecule has 0 N–H and O–H groups in total. The first-order valence-corrected chi connectivity index (χ1v) is 11.6. The van der Waals surface area contributed by atoms with E-state index in [9.17, 15) is 0 Å². The number of ether oxygens (including phenoxy) is 2. The van der Waals surface area contributed by atoms with Gasteiger partial charge in [0.15, 0.2) is 0 Å². The molecule has 34 heavy (non-hydrogen) atoms. The van der Waals surface area contributed by atoms with Crippen molar-refractivity contribution in [2.75, 3.05) is 0 Å². The lowest BCUT2D eigenvalue weighted by atomic mass is 9.97. The van der Waals surface area contributed by atoms with Crippen molar-refractivity contribution in [2.24, 2.45) is 0 Å². The summed E-state index contributed by atoms with van der Waals surface area (Å²) in [5, 5.41) is 1.21. The molecular weight excluding hydrogens is 463 g/mol. The Morgan fingerprint density at radius 2 is 0.853 bits per heavy atom. The molecule has 0 saturated heterocycles. The summed E-state index contributed by atoms with van der Waals surface area (Å²) in [6, 6.07) is 39.0. The lowest BCUT2D eigenvalue weighted by Gasteiger charge is -2.18. The molecule has 0 heterocycles. The van der Waals surface area contributed by atoms with Crippen molar-refractivity contribution in [1.29, 1.82) is 0 Å². The SMILES string of the molecule is Clc1cccc(Oc2cc(Oc3cccc(Cl)c3)c(-c3ccccc3)cc2-c2ccccc2)c1. The Morgan fingerprint density at radius 1 is 0.412 bits per heavy atom. The minimum Gasteiger partial charge on any atom is -0.457 e. The second kappa shape index (κ2) is 10.0. The Balaban J connectivity index is 1.70. The highest BCUT2D eigenvalue weighted by atomic mass is 35.5. The van der Waals surface area contributed by atoms with Gasteiger partial charge < -0.3 is 9.47 Å². The van der Waals surface area contributed by atoms with Crippen LogP contribution >= 0.6 is 23.2 Å². The number of benzene rings is 5. The summed E-state index contributed by atoms with van der Waals surface area (Å²) >= 11 is 12.4. The van der Waals surface area contributed by atoms with E-state index in [0.717, 1.165) is 22.3 Å². The van der Waals surface area contributed by atoms with Crippen molar-refractivity contribution in [3.8, 4) is 45.3 Å². The first kappa shape index (κ1) is 22.1. The lowest BCUT2D eigenvalue weighted by Crippen LogP contribution is -1.94. The third-order valence-corrected chi connectivity index (χ3v) is 5.77. The second-order valence-electron chi connectivity index (χ2n) is 7.70. The van der Waals surface area contributed by atoms with Crippen LogP contribution in [-0.2, 0) is 0 Å². The molecule has 4 heteroatoms. The van der Waals surface area contributed by atoms with Crippen molar-refractivity contribution in [3.05, 3.63) is 131 Å². The maximum absolute atomic E-state index is 6.35. The van der Waals surface area contributed by atoms with Gasteiger partial charge in [0.25, 0.3) is 0 Å². The molecule has 166 valence electrons. The molecule has 0 radical (unpaired) electrons. The van der Waals surface area contributed by atoms with Gasteiger partial charge in [0.05, 0.1) is 0 Å². The topological polar surface area (TPSA) is 18.5 Å². The zero-order valence-corrected chi connectivity index (χ0v) is 19.6. The molecule has 5 rings (SSSR count). The minimum atomic E-state index is 0.607. The quantitative estimate of drug-likeness (QED) is 0.239. The maximum Gasteiger partial charge on any atom is 0.139 e. The minimum absolute atomic E-state index is 0.607. The van der Waals surface area contributed by atoms with Crippen molar-refractivity contribution in [2.45, 2.75) is 0 Å². The normalized spacial score (nSPS) is 10.6. The van der Waals surface area contributed by atoms with Gasteiger partial charge in [-0.1, -0.05) is 96.0 Å². The fourth-order valence-electron chi connectivity index (χ4n) is 3.73. The van der Waals surface area contributed by atoms with Crippen molar-refractivity contribution < 1.29 is 9.47 Å². The van der Waals surface area contributed by atoms with Gasteiger partial charge in [-0.05, 0) is 53.6 Å². The van der Waals surface area contributed by atoms with Crippen LogP contribution in [0.25, 0.3) is 22.3 Å². The molecule has 0 unspecified atom stereocenters. The molecule has 0 bridgehead atoms. The highest BCUT2D eigenvalue weighted by Crippen LogP contribution is 2.44. The van der Waals surface area contributed by atoms with E-state index in [-0.39, 0.29) is 0 Å². The largest absolute Gasteiger partial charge is 0.457 e. The average molecular weight is 483 g/mol. The van der Waals surface area contributed by atoms with Crippen LogP contribution in [-0.4, -0.2) is 0 Å². The van der Waals surface area contributed by atoms with Gasteiger partial charge in [-0.3, -0.25) is 0 Å². The van der Waals surface area contributed by atoms with Crippen LogP contribution in [0.4, 0.5) is 0 Å². The number of hydrogen-bond acceptors (Lipinski definition) is 2. The Hall–Kier alpha value is -3.72. The van der Waals surface area contributed by atoms with Crippen LogP contribution < -0.4 is 9.47 Å². The molecule has 0 fully saturated rings. The van der Waals surface area contributed by atoms with E-state index in [2.05, 4.69) is 30.3 Å². The molecule has 0 atom stereocenters. The first-order valence-electron chi connectivity index (χ1n) is 10.8. The zero-order chi connectivity index (χ0) is 23.3. The molecule has 0 aliphatic heterocycles. The van der Waals surface area contributed by atoms with Gasteiger partial charge in [-0.15, -0.1) is 0 Å². The third-order valence-electron chi connectivity index (χ3n) is 5.30. The fourth-order valence-corrected chi connectivity index (χ4v) is 4.09. The fraction of sp³-hybridized carbons (Fsp3) is 0. The predicted molar refractivity (Wildman–Crippen MR) is 140 cm³/mol. The van der Waals surface area contributed by atoms with Crippen molar-refractivity contribution >= 4 is 23.2 Å². The summed E-state index contributed by atoms with van der Waals surface area (Å²) in [6.45, 7) is 0. The standard InChI is InChI=1S/C30H20Cl2O2/c31-23-13-7-15-25(17-23)33-29-20-30(34-26-16-8-14-24(32)18-26)28(22-11-5-2-6-12-22)19-27(29)21-9-3-1-4-10-21/h1-20H. The summed E-state index contributed by atoms with van der Waals surface area (Å²) in [4.78, 5) is 0. The van der Waals surface area contributed by atoms with Crippen LogP contribution in [0.2, 0.25) is 10.0 Å². The van der Waals surface area contributed by atoms with Gasteiger partial charge in [0.1, 0.15) is 23.0 Å². The van der Waals surface area contributed by atoms with E-state index in [1.807, 2.05) is 78.9 Å². The van der Waals surface area contributed by atoms with E-state index in [0.29, 0.717) is 33.0 Å². The summed E-state index contributed by atoms with van der Waals surface area (Å²) in [6.07, 6.45) is 0. The molecule has 0 spiro atoms. The summed E-state index contributed by atoms with van der Waals surface area (Å²) < 4.78 is 12.7. The maximum atomic E-state index is 6.35. The number of hydrogen-bond donors (Lipinski definition) is 0. The molecule has 5 aromatic carbocycles. The Morgan fingerprint density at radius 3 is 1.26 bits per heavy atom. The molecule has 0 amide bonds. The van der Waals surface area contributed by atoms with Gasteiger partial charge >= 0.3 is 0 Å². The molecule has 0 aliphatic carbocycles. The van der Waals surface area contributed by atoms with Crippen LogP contribution in [0, 0.1) is 0 Å². The van der Waals surface area contributed by atoms with Crippen molar-refractivity contribution in [3.63, 3.8) is 0 Å². The second-order valence-corrected chi connectivity index (χ2v) is 8.57. The Kier molecular flexibility index (Phi) is 6.53. The van der Waals surface area contributed by atoms with E-state index in [4.69, 9.17) is 32.7 Å². The average Bonchev–Trinajstić information content (AvgIpc) is 2.85. The molecule has 0 saturated carbocycles. The summed E-state index contributed by atoms with van der Waals surface area (Å²) in [5.41, 5.74) is 3.95. The van der Waals surface area contributed by atoms with Crippen molar-refractivity contribution in [1.82, 2.24) is 0 Å². The number of rotatable bonds is 6. The molecule has 5 aromatic rings. The summed E-state index contributed by atoms with van der Waals surface area (Å²) in [5.74, 6) is 2.60. The smallest absolute Gasteiger partial charge is 0.139 e. The first-order chi connectivity index (χ1) is 16.7. The van der Waals surface area contributed by atoms with Crippen LogP contribution in [0.3, 0.4) is 0 Å². The Bertz CT molecular complexity index is 1310. The van der Waals surface area contributed by atoms with E-state index in [1.54, 1.807) is 12.1 Å². The molecule has 0 aliphatic rings. The molecular formula is C30H20Cl2O2. The van der Waals surface area contributed by atoms with Gasteiger partial charge in [-0.2, -0.15) is 0 Å². The van der Waals surface area contributed by atoms with E-state index >= 15 is 0 Å². The highest BCUT2D eigenvalue weighted by Gasteiger charge is 2.17. The predicted octanol–water partition coefficient (Wildman–Crippen LogP) is 9.91. The van der Waals surface area contributed by atoms with Crippen LogP contribution in [0.15, 0.2) is 121 Å². The van der Waals surface area contributed by atoms with Gasteiger partial charge in [0.2, 0.25) is 0 Å². The van der Waals surface area contributed by atoms with Crippen LogP contribution in [0.1, 0.15) is 0 Å². The molecule has 2 nitrogen and oxygen atoms in total. The zero-order valence-electron chi connectivity index (χ0n) is 18.1. The number of halogens is 2. The molecule has 0 aromatic heterocycles. The Labute approximate surface area is 208 Å². The lowest BCUT2D eigenvalue weighted by molar-refractivity contribution is 0.462. The van der Waals surface area contributed by atoms with E-state index in [1.165, 1.54) is 0 Å².